The lowest BCUT2D eigenvalue weighted by molar-refractivity contribution is 0.353. The average molecular weight is 417 g/mol. The minimum Gasteiger partial charge on any atom is -0.493 e. The van der Waals surface area contributed by atoms with Crippen LogP contribution in [0.4, 0.5) is 0 Å². The highest BCUT2D eigenvalue weighted by atomic mass is 79.9. The van der Waals surface area contributed by atoms with Gasteiger partial charge in [0.25, 0.3) is 0 Å². The number of aryl methyl sites for hydroxylation is 1. The van der Waals surface area contributed by atoms with Gasteiger partial charge in [0.2, 0.25) is 0 Å². The molecule has 0 saturated carbocycles. The summed E-state index contributed by atoms with van der Waals surface area (Å²) in [5, 5.41) is -0.228. The number of rotatable bonds is 2. The van der Waals surface area contributed by atoms with Gasteiger partial charge in [0.15, 0.2) is 0 Å². The highest BCUT2D eigenvalue weighted by Crippen LogP contribution is 2.43. The van der Waals surface area contributed by atoms with Crippen molar-refractivity contribution in [2.45, 2.75) is 18.7 Å². The molecular formula is C16H13Br2ClO. The Labute approximate surface area is 140 Å². The van der Waals surface area contributed by atoms with Crippen molar-refractivity contribution in [2.75, 3.05) is 6.61 Å². The van der Waals surface area contributed by atoms with E-state index < -0.39 is 0 Å². The number of benzene rings is 2. The maximum absolute atomic E-state index is 6.73. The van der Waals surface area contributed by atoms with Gasteiger partial charge in [-0.3, -0.25) is 0 Å². The first-order chi connectivity index (χ1) is 9.56. The Morgan fingerprint density at radius 3 is 2.75 bits per heavy atom. The average Bonchev–Trinajstić information content (AvgIpc) is 2.87. The van der Waals surface area contributed by atoms with Crippen molar-refractivity contribution in [3.05, 3.63) is 61.5 Å². The van der Waals surface area contributed by atoms with E-state index >= 15 is 0 Å². The Kier molecular flexibility index (Phi) is 4.11. The van der Waals surface area contributed by atoms with Crippen molar-refractivity contribution in [1.29, 1.82) is 0 Å². The van der Waals surface area contributed by atoms with E-state index in [1.165, 1.54) is 11.1 Å². The van der Waals surface area contributed by atoms with Crippen molar-refractivity contribution in [1.82, 2.24) is 0 Å². The van der Waals surface area contributed by atoms with Gasteiger partial charge in [-0.25, -0.2) is 0 Å². The zero-order valence-electron chi connectivity index (χ0n) is 10.9. The second kappa shape index (κ2) is 5.70. The van der Waals surface area contributed by atoms with Crippen molar-refractivity contribution >= 4 is 43.5 Å². The van der Waals surface area contributed by atoms with E-state index in [2.05, 4.69) is 63.0 Å². The van der Waals surface area contributed by atoms with Crippen LogP contribution in [-0.4, -0.2) is 6.61 Å². The van der Waals surface area contributed by atoms with Crippen LogP contribution in [0.5, 0.6) is 5.75 Å². The molecule has 3 rings (SSSR count). The van der Waals surface area contributed by atoms with Crippen LogP contribution in [0.2, 0.25) is 0 Å². The molecule has 0 bridgehead atoms. The third-order valence-electron chi connectivity index (χ3n) is 3.47. The van der Waals surface area contributed by atoms with Gasteiger partial charge >= 0.3 is 0 Å². The summed E-state index contributed by atoms with van der Waals surface area (Å²) in [6.07, 6.45) is 0.945. The van der Waals surface area contributed by atoms with Gasteiger partial charge in [-0.1, -0.05) is 49.6 Å². The van der Waals surface area contributed by atoms with Gasteiger partial charge in [0.1, 0.15) is 5.75 Å². The van der Waals surface area contributed by atoms with Crippen molar-refractivity contribution in [3.8, 4) is 5.75 Å². The minimum atomic E-state index is -0.228. The van der Waals surface area contributed by atoms with E-state index in [1.807, 2.05) is 6.07 Å². The molecule has 0 aromatic heterocycles. The minimum absolute atomic E-state index is 0.228. The second-order valence-electron chi connectivity index (χ2n) is 4.97. The van der Waals surface area contributed by atoms with Gasteiger partial charge in [0.05, 0.1) is 12.0 Å². The van der Waals surface area contributed by atoms with E-state index in [-0.39, 0.29) is 5.38 Å². The number of hydrogen-bond acceptors (Lipinski definition) is 1. The SMILES string of the molecule is Cc1ccc(Br)c(C(Cl)c2cc(Br)cc3c2OCC3)c1. The summed E-state index contributed by atoms with van der Waals surface area (Å²) in [6, 6.07) is 10.4. The molecule has 104 valence electrons. The van der Waals surface area contributed by atoms with Crippen LogP contribution in [0.15, 0.2) is 39.3 Å². The Hall–Kier alpha value is -0.510. The van der Waals surface area contributed by atoms with Crippen LogP contribution in [0.1, 0.15) is 27.6 Å². The maximum atomic E-state index is 6.73. The molecule has 20 heavy (non-hydrogen) atoms. The molecule has 4 heteroatoms. The zero-order chi connectivity index (χ0) is 14.3. The first-order valence-corrected chi connectivity index (χ1v) is 8.44. The van der Waals surface area contributed by atoms with Gasteiger partial charge in [-0.15, -0.1) is 11.6 Å². The standard InChI is InChI=1S/C16H13Br2ClO/c1-9-2-3-14(18)12(6-9)15(19)13-8-11(17)7-10-4-5-20-16(10)13/h2-3,6-8,15H,4-5H2,1H3. The van der Waals surface area contributed by atoms with Crippen LogP contribution in [-0.2, 0) is 6.42 Å². The molecule has 1 atom stereocenters. The van der Waals surface area contributed by atoms with E-state index in [0.717, 1.165) is 38.8 Å². The molecule has 1 heterocycles. The highest BCUT2D eigenvalue weighted by molar-refractivity contribution is 9.10. The molecule has 1 aliphatic heterocycles. The third kappa shape index (κ3) is 2.63. The first kappa shape index (κ1) is 14.4. The number of fused-ring (bicyclic) bond motifs is 1. The van der Waals surface area contributed by atoms with Crippen LogP contribution in [0.25, 0.3) is 0 Å². The van der Waals surface area contributed by atoms with Crippen LogP contribution in [0, 0.1) is 6.92 Å². The normalized spacial score (nSPS) is 14.8. The summed E-state index contributed by atoms with van der Waals surface area (Å²) in [4.78, 5) is 0. The Morgan fingerprint density at radius 1 is 1.15 bits per heavy atom. The van der Waals surface area contributed by atoms with Gasteiger partial charge in [-0.05, 0) is 36.2 Å². The fraction of sp³-hybridized carbons (Fsp3) is 0.250. The summed E-state index contributed by atoms with van der Waals surface area (Å²) in [6.45, 7) is 2.80. The zero-order valence-corrected chi connectivity index (χ0v) is 14.8. The first-order valence-electron chi connectivity index (χ1n) is 6.41. The van der Waals surface area contributed by atoms with E-state index in [9.17, 15) is 0 Å². The molecule has 0 amide bonds. The van der Waals surface area contributed by atoms with Gasteiger partial charge in [-0.2, -0.15) is 0 Å². The monoisotopic (exact) mass is 414 g/mol. The number of halogens is 3. The van der Waals surface area contributed by atoms with Crippen molar-refractivity contribution < 1.29 is 4.74 Å². The molecule has 0 radical (unpaired) electrons. The molecule has 0 fully saturated rings. The molecule has 0 spiro atoms. The molecule has 0 N–H and O–H groups in total. The predicted molar refractivity (Wildman–Crippen MR) is 89.9 cm³/mol. The lowest BCUT2D eigenvalue weighted by Gasteiger charge is -2.17. The predicted octanol–water partition coefficient (Wildman–Crippen LogP) is 5.78. The Morgan fingerprint density at radius 2 is 1.95 bits per heavy atom. The lowest BCUT2D eigenvalue weighted by atomic mass is 9.99. The molecular weight excluding hydrogens is 403 g/mol. The Balaban J connectivity index is 2.11. The summed E-state index contributed by atoms with van der Waals surface area (Å²) in [5.74, 6) is 0.946. The van der Waals surface area contributed by atoms with Gasteiger partial charge < -0.3 is 4.74 Å². The molecule has 0 saturated heterocycles. The molecule has 2 aromatic rings. The number of alkyl halides is 1. The van der Waals surface area contributed by atoms with E-state index in [1.54, 1.807) is 0 Å². The summed E-state index contributed by atoms with van der Waals surface area (Å²) in [7, 11) is 0. The largest absolute Gasteiger partial charge is 0.493 e. The maximum Gasteiger partial charge on any atom is 0.127 e. The van der Waals surface area contributed by atoms with Crippen LogP contribution < -0.4 is 4.74 Å². The Bertz CT molecular complexity index is 670. The van der Waals surface area contributed by atoms with Gasteiger partial charge in [0, 0.05) is 20.9 Å². The third-order valence-corrected chi connectivity index (χ3v) is 5.12. The second-order valence-corrected chi connectivity index (χ2v) is 7.18. The molecule has 1 aliphatic rings. The summed E-state index contributed by atoms with van der Waals surface area (Å²) in [5.41, 5.74) is 4.52. The number of ether oxygens (including phenoxy) is 1. The highest BCUT2D eigenvalue weighted by Gasteiger charge is 2.24. The molecule has 2 aromatic carbocycles. The molecule has 1 nitrogen and oxygen atoms in total. The van der Waals surface area contributed by atoms with Crippen molar-refractivity contribution in [2.24, 2.45) is 0 Å². The fourth-order valence-corrected chi connectivity index (χ4v) is 3.98. The topological polar surface area (TPSA) is 9.23 Å². The lowest BCUT2D eigenvalue weighted by Crippen LogP contribution is -1.99. The van der Waals surface area contributed by atoms with E-state index in [4.69, 9.17) is 16.3 Å². The smallest absolute Gasteiger partial charge is 0.127 e. The fourth-order valence-electron chi connectivity index (χ4n) is 2.51. The van der Waals surface area contributed by atoms with Crippen LogP contribution >= 0.6 is 43.5 Å². The van der Waals surface area contributed by atoms with Crippen molar-refractivity contribution in [3.63, 3.8) is 0 Å². The van der Waals surface area contributed by atoms with E-state index in [0.29, 0.717) is 0 Å². The molecule has 0 aliphatic carbocycles. The van der Waals surface area contributed by atoms with Crippen LogP contribution in [0.3, 0.4) is 0 Å². The summed E-state index contributed by atoms with van der Waals surface area (Å²) >= 11 is 13.9. The molecule has 1 unspecified atom stereocenters. The summed E-state index contributed by atoms with van der Waals surface area (Å²) < 4.78 is 7.85. The quantitative estimate of drug-likeness (QED) is 0.564. The number of hydrogen-bond donors (Lipinski definition) is 0.